The summed E-state index contributed by atoms with van der Waals surface area (Å²) in [5, 5.41) is 8.20. The molecule has 0 saturated carbocycles. The van der Waals surface area contributed by atoms with Gasteiger partial charge in [0.25, 0.3) is 0 Å². The fraction of sp³-hybridized carbons (Fsp3) is 0.333. The first kappa shape index (κ1) is 22.0. The van der Waals surface area contributed by atoms with Crippen molar-refractivity contribution in [1.82, 2.24) is 19.9 Å². The zero-order valence-electron chi connectivity index (χ0n) is 16.8. The molecule has 10 heteroatoms. The zero-order chi connectivity index (χ0) is 22.0. The maximum atomic E-state index is 11.8. The summed E-state index contributed by atoms with van der Waals surface area (Å²) < 4.78 is -1.82. The predicted octanol–water partition coefficient (Wildman–Crippen LogP) is 4.91. The molecule has 1 aromatic heterocycles. The molecule has 2 aromatic carbocycles. The van der Waals surface area contributed by atoms with Crippen LogP contribution < -0.4 is 10.6 Å². The van der Waals surface area contributed by atoms with Crippen molar-refractivity contribution in [2.24, 2.45) is 0 Å². The molecular weight excluding hydrogens is 459 g/mol. The van der Waals surface area contributed by atoms with E-state index in [-0.39, 0.29) is 17.8 Å². The third-order valence-corrected chi connectivity index (χ3v) is 5.78. The van der Waals surface area contributed by atoms with Gasteiger partial charge in [-0.05, 0) is 49.8 Å². The number of aromatic nitrogens is 3. The number of rotatable bonds is 5. The number of halogens is 3. The van der Waals surface area contributed by atoms with Crippen molar-refractivity contribution in [2.45, 2.75) is 22.7 Å². The lowest BCUT2D eigenvalue weighted by atomic mass is 10.0. The number of likely N-dealkylation sites (tertiary alicyclic amines) is 1. The lowest BCUT2D eigenvalue weighted by Gasteiger charge is -2.29. The number of alkyl halides is 3. The predicted molar refractivity (Wildman–Crippen MR) is 126 cm³/mol. The summed E-state index contributed by atoms with van der Waals surface area (Å²) in [6.07, 6.45) is 2.71. The fourth-order valence-corrected chi connectivity index (χ4v) is 3.86. The standard InChI is InChI=1S/C21H21Cl3N6O/c1-30-10-8-14(9-11-30)25-19-27-18(21(22,23)24)28-20(29-19)26-17-7-6-13-4-2-3-5-15(13)16(17)12-31/h2-7,12,14H,8-11H2,1H3,(H2,25,26,27,28,29). The summed E-state index contributed by atoms with van der Waals surface area (Å²) in [4.78, 5) is 27.1. The smallest absolute Gasteiger partial charge is 0.250 e. The molecule has 0 spiro atoms. The van der Waals surface area contributed by atoms with Gasteiger partial charge in [0.15, 0.2) is 12.1 Å². The Morgan fingerprint density at radius 1 is 1.03 bits per heavy atom. The van der Waals surface area contributed by atoms with Crippen LogP contribution in [-0.4, -0.2) is 52.3 Å². The van der Waals surface area contributed by atoms with Gasteiger partial charge >= 0.3 is 0 Å². The molecule has 0 bridgehead atoms. The van der Waals surface area contributed by atoms with E-state index in [0.717, 1.165) is 43.0 Å². The van der Waals surface area contributed by atoms with E-state index in [1.54, 1.807) is 6.07 Å². The second-order valence-electron chi connectivity index (χ2n) is 7.52. The number of aldehydes is 1. The van der Waals surface area contributed by atoms with Crippen LogP contribution in [0.3, 0.4) is 0 Å². The second-order valence-corrected chi connectivity index (χ2v) is 9.80. The maximum Gasteiger partial charge on any atom is 0.250 e. The Morgan fingerprint density at radius 3 is 2.45 bits per heavy atom. The van der Waals surface area contributed by atoms with Gasteiger partial charge in [-0.25, -0.2) is 0 Å². The molecule has 0 unspecified atom stereocenters. The SMILES string of the molecule is CN1CCC(Nc2nc(Nc3ccc4ccccc4c3C=O)nc(C(Cl)(Cl)Cl)n2)CC1. The Labute approximate surface area is 195 Å². The van der Waals surface area contributed by atoms with Crippen LogP contribution in [0.5, 0.6) is 0 Å². The van der Waals surface area contributed by atoms with Crippen LogP contribution in [0.4, 0.5) is 17.6 Å². The van der Waals surface area contributed by atoms with Crippen molar-refractivity contribution < 1.29 is 4.79 Å². The second kappa shape index (κ2) is 9.12. The summed E-state index contributed by atoms with van der Waals surface area (Å²) in [6.45, 7) is 1.95. The van der Waals surface area contributed by atoms with Crippen molar-refractivity contribution in [1.29, 1.82) is 0 Å². The van der Waals surface area contributed by atoms with E-state index in [0.29, 0.717) is 17.2 Å². The molecule has 0 atom stereocenters. The minimum Gasteiger partial charge on any atom is -0.351 e. The highest BCUT2D eigenvalue weighted by Crippen LogP contribution is 2.37. The van der Waals surface area contributed by atoms with E-state index < -0.39 is 3.79 Å². The van der Waals surface area contributed by atoms with Gasteiger partial charge in [-0.1, -0.05) is 65.1 Å². The van der Waals surface area contributed by atoms with Crippen molar-refractivity contribution in [2.75, 3.05) is 30.8 Å². The van der Waals surface area contributed by atoms with E-state index >= 15 is 0 Å². The molecule has 1 aliphatic rings. The maximum absolute atomic E-state index is 11.8. The Balaban J connectivity index is 1.67. The van der Waals surface area contributed by atoms with Gasteiger partial charge in [0.1, 0.15) is 0 Å². The highest BCUT2D eigenvalue weighted by Gasteiger charge is 2.29. The molecule has 31 heavy (non-hydrogen) atoms. The summed E-state index contributed by atoms with van der Waals surface area (Å²) >= 11 is 18.2. The Morgan fingerprint density at radius 2 is 1.74 bits per heavy atom. The number of hydrogen-bond donors (Lipinski definition) is 2. The summed E-state index contributed by atoms with van der Waals surface area (Å²) in [6, 6.07) is 11.6. The average molecular weight is 480 g/mol. The lowest BCUT2D eigenvalue weighted by molar-refractivity contribution is 0.112. The van der Waals surface area contributed by atoms with Crippen LogP contribution in [0.25, 0.3) is 10.8 Å². The summed E-state index contributed by atoms with van der Waals surface area (Å²) in [5.74, 6) is 0.505. The lowest BCUT2D eigenvalue weighted by Crippen LogP contribution is -2.37. The third-order valence-electron chi connectivity index (χ3n) is 5.28. The first-order chi connectivity index (χ1) is 14.8. The van der Waals surface area contributed by atoms with Crippen LogP contribution in [-0.2, 0) is 3.79 Å². The van der Waals surface area contributed by atoms with E-state index in [1.165, 1.54) is 0 Å². The van der Waals surface area contributed by atoms with E-state index in [4.69, 9.17) is 34.8 Å². The highest BCUT2D eigenvalue weighted by atomic mass is 35.6. The van der Waals surface area contributed by atoms with Crippen molar-refractivity contribution in [3.63, 3.8) is 0 Å². The molecule has 3 aromatic rings. The van der Waals surface area contributed by atoms with Gasteiger partial charge < -0.3 is 15.5 Å². The molecule has 2 heterocycles. The number of benzene rings is 2. The number of carbonyl (C=O) groups excluding carboxylic acids is 1. The van der Waals surface area contributed by atoms with E-state index in [2.05, 4.69) is 37.5 Å². The zero-order valence-corrected chi connectivity index (χ0v) is 19.0. The average Bonchev–Trinajstić information content (AvgIpc) is 2.74. The van der Waals surface area contributed by atoms with Gasteiger partial charge in [0.2, 0.25) is 15.7 Å². The first-order valence-corrected chi connectivity index (χ1v) is 11.0. The molecule has 0 amide bonds. The number of carbonyl (C=O) groups is 1. The number of hydrogen-bond acceptors (Lipinski definition) is 7. The van der Waals surface area contributed by atoms with Crippen molar-refractivity contribution in [3.8, 4) is 0 Å². The van der Waals surface area contributed by atoms with Crippen LogP contribution in [0.15, 0.2) is 36.4 Å². The molecule has 162 valence electrons. The molecule has 0 aliphatic carbocycles. The van der Waals surface area contributed by atoms with Gasteiger partial charge in [-0.2, -0.15) is 15.0 Å². The minimum absolute atomic E-state index is 0.00105. The molecule has 7 nitrogen and oxygen atoms in total. The number of fused-ring (bicyclic) bond motifs is 1. The minimum atomic E-state index is -1.82. The number of nitrogens with one attached hydrogen (secondary N) is 2. The normalized spacial score (nSPS) is 15.7. The Bertz CT molecular complexity index is 1100. The quantitative estimate of drug-likeness (QED) is 0.397. The molecule has 0 radical (unpaired) electrons. The largest absolute Gasteiger partial charge is 0.351 e. The molecule has 2 N–H and O–H groups in total. The first-order valence-electron chi connectivity index (χ1n) is 9.86. The van der Waals surface area contributed by atoms with Crippen molar-refractivity contribution in [3.05, 3.63) is 47.8 Å². The highest BCUT2D eigenvalue weighted by molar-refractivity contribution is 6.66. The van der Waals surface area contributed by atoms with Gasteiger partial charge in [-0.15, -0.1) is 0 Å². The van der Waals surface area contributed by atoms with Crippen LogP contribution in [0.1, 0.15) is 29.0 Å². The van der Waals surface area contributed by atoms with Gasteiger partial charge in [0.05, 0.1) is 5.69 Å². The number of nitrogens with zero attached hydrogens (tertiary/aromatic N) is 4. The van der Waals surface area contributed by atoms with Crippen molar-refractivity contribution >= 4 is 69.4 Å². The number of anilines is 3. The molecule has 1 fully saturated rings. The van der Waals surface area contributed by atoms with Gasteiger partial charge in [-0.3, -0.25) is 4.79 Å². The van der Waals surface area contributed by atoms with Crippen LogP contribution in [0.2, 0.25) is 0 Å². The topological polar surface area (TPSA) is 83.0 Å². The third kappa shape index (κ3) is 5.18. The monoisotopic (exact) mass is 478 g/mol. The molecule has 4 rings (SSSR count). The Kier molecular flexibility index (Phi) is 6.48. The summed E-state index contributed by atoms with van der Waals surface area (Å²) in [5.41, 5.74) is 1.05. The summed E-state index contributed by atoms with van der Waals surface area (Å²) in [7, 11) is 2.09. The molecule has 1 saturated heterocycles. The Hall–Kier alpha value is -2.19. The van der Waals surface area contributed by atoms with Crippen LogP contribution in [0, 0.1) is 0 Å². The molecule has 1 aliphatic heterocycles. The van der Waals surface area contributed by atoms with E-state index in [1.807, 2.05) is 30.3 Å². The van der Waals surface area contributed by atoms with E-state index in [9.17, 15) is 4.79 Å². The number of piperidine rings is 1. The van der Waals surface area contributed by atoms with Gasteiger partial charge in [0, 0.05) is 11.6 Å². The van der Waals surface area contributed by atoms with Crippen LogP contribution >= 0.6 is 34.8 Å². The fourth-order valence-electron chi connectivity index (χ4n) is 3.61. The molecular formula is C21H21Cl3N6O.